The van der Waals surface area contributed by atoms with E-state index in [2.05, 4.69) is 0 Å². The molecule has 0 aromatic heterocycles. The molecule has 2 N–H and O–H groups in total. The molecule has 2 rings (SSSR count). The molecular formula is C17H19NO2. The second-order valence-corrected chi connectivity index (χ2v) is 4.78. The molecule has 0 radical (unpaired) electrons. The average molecular weight is 269 g/mol. The van der Waals surface area contributed by atoms with Crippen molar-refractivity contribution in [1.82, 2.24) is 0 Å². The van der Waals surface area contributed by atoms with E-state index in [0.29, 0.717) is 24.3 Å². The van der Waals surface area contributed by atoms with Gasteiger partial charge in [0.2, 0.25) is 0 Å². The van der Waals surface area contributed by atoms with Crippen LogP contribution in [-0.2, 0) is 13.0 Å². The summed E-state index contributed by atoms with van der Waals surface area (Å²) in [6.45, 7) is 2.40. The van der Waals surface area contributed by atoms with Crippen LogP contribution in [0.25, 0.3) is 0 Å². The summed E-state index contributed by atoms with van der Waals surface area (Å²) in [7, 11) is 1.58. The number of ketones is 1. The van der Waals surface area contributed by atoms with Crippen LogP contribution in [-0.4, -0.2) is 12.9 Å². The summed E-state index contributed by atoms with van der Waals surface area (Å²) in [6.07, 6.45) is 0.340. The molecule has 0 aliphatic carbocycles. The summed E-state index contributed by atoms with van der Waals surface area (Å²) in [5, 5.41) is 0. The summed E-state index contributed by atoms with van der Waals surface area (Å²) in [5.74, 6) is 0.664. The van der Waals surface area contributed by atoms with E-state index in [-0.39, 0.29) is 5.78 Å². The van der Waals surface area contributed by atoms with Gasteiger partial charge in [-0.3, -0.25) is 4.79 Å². The van der Waals surface area contributed by atoms with Gasteiger partial charge in [-0.15, -0.1) is 0 Å². The Morgan fingerprint density at radius 3 is 2.50 bits per heavy atom. The number of rotatable bonds is 5. The fraction of sp³-hybridized carbons (Fsp3) is 0.235. The summed E-state index contributed by atoms with van der Waals surface area (Å²) in [4.78, 5) is 12.5. The Hall–Kier alpha value is -2.13. The van der Waals surface area contributed by atoms with Crippen molar-refractivity contribution in [3.05, 3.63) is 64.7 Å². The molecule has 0 atom stereocenters. The van der Waals surface area contributed by atoms with Crippen molar-refractivity contribution in [1.29, 1.82) is 0 Å². The molecule has 104 valence electrons. The first-order chi connectivity index (χ1) is 9.65. The highest BCUT2D eigenvalue weighted by Crippen LogP contribution is 2.22. The number of carbonyl (C=O) groups is 1. The standard InChI is InChI=1S/C17H19NO2/c1-12-7-8-17(20-2)15(9-12)16(19)10-13-5-3-4-6-14(13)11-18/h3-9H,10-11,18H2,1-2H3. The zero-order chi connectivity index (χ0) is 14.5. The fourth-order valence-electron chi connectivity index (χ4n) is 2.24. The second-order valence-electron chi connectivity index (χ2n) is 4.78. The number of Topliss-reactive ketones (excluding diaryl/α,β-unsaturated/α-hetero) is 1. The Labute approximate surface area is 119 Å². The predicted octanol–water partition coefficient (Wildman–Crippen LogP) is 2.89. The smallest absolute Gasteiger partial charge is 0.170 e. The lowest BCUT2D eigenvalue weighted by Gasteiger charge is -2.10. The van der Waals surface area contributed by atoms with E-state index in [1.54, 1.807) is 7.11 Å². The van der Waals surface area contributed by atoms with Gasteiger partial charge in [0.25, 0.3) is 0 Å². The van der Waals surface area contributed by atoms with Crippen molar-refractivity contribution in [2.75, 3.05) is 7.11 Å². The summed E-state index contributed by atoms with van der Waals surface area (Å²) in [5.41, 5.74) is 9.36. The minimum Gasteiger partial charge on any atom is -0.496 e. The molecule has 0 aliphatic rings. The molecule has 0 bridgehead atoms. The van der Waals surface area contributed by atoms with Crippen molar-refractivity contribution in [3.63, 3.8) is 0 Å². The van der Waals surface area contributed by atoms with Gasteiger partial charge in [-0.05, 0) is 30.2 Å². The van der Waals surface area contributed by atoms with Gasteiger partial charge < -0.3 is 10.5 Å². The van der Waals surface area contributed by atoms with Gasteiger partial charge in [0.15, 0.2) is 5.78 Å². The van der Waals surface area contributed by atoms with Gasteiger partial charge in [0.05, 0.1) is 12.7 Å². The van der Waals surface area contributed by atoms with E-state index >= 15 is 0 Å². The first-order valence-electron chi connectivity index (χ1n) is 6.60. The lowest BCUT2D eigenvalue weighted by Crippen LogP contribution is -2.09. The summed E-state index contributed by atoms with van der Waals surface area (Å²) >= 11 is 0. The Morgan fingerprint density at radius 1 is 1.15 bits per heavy atom. The van der Waals surface area contributed by atoms with Crippen molar-refractivity contribution >= 4 is 5.78 Å². The van der Waals surface area contributed by atoms with E-state index in [9.17, 15) is 4.79 Å². The molecule has 0 saturated carbocycles. The number of nitrogens with two attached hydrogens (primary N) is 1. The van der Waals surface area contributed by atoms with Crippen LogP contribution in [0.3, 0.4) is 0 Å². The molecule has 0 saturated heterocycles. The van der Waals surface area contributed by atoms with Gasteiger partial charge in [-0.25, -0.2) is 0 Å². The number of benzene rings is 2. The molecule has 2 aromatic rings. The maximum absolute atomic E-state index is 12.5. The Morgan fingerprint density at radius 2 is 1.85 bits per heavy atom. The maximum Gasteiger partial charge on any atom is 0.170 e. The Bertz CT molecular complexity index is 620. The first-order valence-corrected chi connectivity index (χ1v) is 6.60. The second kappa shape index (κ2) is 6.35. The van der Waals surface area contributed by atoms with Gasteiger partial charge in [-0.2, -0.15) is 0 Å². The van der Waals surface area contributed by atoms with Crippen LogP contribution >= 0.6 is 0 Å². The normalized spacial score (nSPS) is 10.3. The molecule has 3 nitrogen and oxygen atoms in total. The van der Waals surface area contributed by atoms with Gasteiger partial charge in [0, 0.05) is 13.0 Å². The largest absolute Gasteiger partial charge is 0.496 e. The highest BCUT2D eigenvalue weighted by molar-refractivity contribution is 6.00. The first kappa shape index (κ1) is 14.3. The molecule has 0 fully saturated rings. The lowest BCUT2D eigenvalue weighted by molar-refractivity contribution is 0.0989. The lowest BCUT2D eigenvalue weighted by atomic mass is 9.97. The third-order valence-electron chi connectivity index (χ3n) is 3.34. The number of methoxy groups -OCH3 is 1. The molecule has 0 amide bonds. The monoisotopic (exact) mass is 269 g/mol. The van der Waals surface area contributed by atoms with Crippen molar-refractivity contribution in [2.24, 2.45) is 5.73 Å². The number of ether oxygens (including phenoxy) is 1. The number of hydrogen-bond donors (Lipinski definition) is 1. The third kappa shape index (κ3) is 3.06. The SMILES string of the molecule is COc1ccc(C)cc1C(=O)Cc1ccccc1CN. The van der Waals surface area contributed by atoms with Crippen LogP contribution in [0, 0.1) is 6.92 Å². The van der Waals surface area contributed by atoms with Gasteiger partial charge >= 0.3 is 0 Å². The van der Waals surface area contributed by atoms with Crippen molar-refractivity contribution < 1.29 is 9.53 Å². The highest BCUT2D eigenvalue weighted by atomic mass is 16.5. The molecule has 3 heteroatoms. The molecular weight excluding hydrogens is 250 g/mol. The minimum atomic E-state index is 0.0476. The third-order valence-corrected chi connectivity index (χ3v) is 3.34. The highest BCUT2D eigenvalue weighted by Gasteiger charge is 2.14. The van der Waals surface area contributed by atoms with Crippen LogP contribution in [0.15, 0.2) is 42.5 Å². The van der Waals surface area contributed by atoms with E-state index in [4.69, 9.17) is 10.5 Å². The van der Waals surface area contributed by atoms with Crippen LogP contribution < -0.4 is 10.5 Å². The van der Waals surface area contributed by atoms with Crippen LogP contribution in [0.4, 0.5) is 0 Å². The van der Waals surface area contributed by atoms with E-state index in [0.717, 1.165) is 16.7 Å². The van der Waals surface area contributed by atoms with E-state index in [1.807, 2.05) is 49.4 Å². The van der Waals surface area contributed by atoms with Crippen LogP contribution in [0.1, 0.15) is 27.0 Å². The molecule has 0 spiro atoms. The Kier molecular flexibility index (Phi) is 4.53. The summed E-state index contributed by atoms with van der Waals surface area (Å²) in [6, 6.07) is 13.4. The van der Waals surface area contributed by atoms with Gasteiger partial charge in [-0.1, -0.05) is 35.9 Å². The average Bonchev–Trinajstić information content (AvgIpc) is 2.47. The molecule has 20 heavy (non-hydrogen) atoms. The van der Waals surface area contributed by atoms with E-state index in [1.165, 1.54) is 0 Å². The molecule has 0 unspecified atom stereocenters. The molecule has 2 aromatic carbocycles. The number of hydrogen-bond acceptors (Lipinski definition) is 3. The van der Waals surface area contributed by atoms with Gasteiger partial charge in [0.1, 0.15) is 5.75 Å². The number of aryl methyl sites for hydroxylation is 1. The summed E-state index contributed by atoms with van der Waals surface area (Å²) < 4.78 is 5.27. The number of carbonyl (C=O) groups excluding carboxylic acids is 1. The zero-order valence-corrected chi connectivity index (χ0v) is 11.8. The molecule has 0 aliphatic heterocycles. The predicted molar refractivity (Wildman–Crippen MR) is 80.1 cm³/mol. The van der Waals surface area contributed by atoms with Crippen LogP contribution in [0.2, 0.25) is 0 Å². The van der Waals surface area contributed by atoms with Crippen molar-refractivity contribution in [2.45, 2.75) is 19.9 Å². The zero-order valence-electron chi connectivity index (χ0n) is 11.8. The fourth-order valence-corrected chi connectivity index (χ4v) is 2.24. The topological polar surface area (TPSA) is 52.3 Å². The maximum atomic E-state index is 12.5. The molecule has 0 heterocycles. The minimum absolute atomic E-state index is 0.0476. The Balaban J connectivity index is 2.30. The van der Waals surface area contributed by atoms with E-state index < -0.39 is 0 Å². The van der Waals surface area contributed by atoms with Crippen LogP contribution in [0.5, 0.6) is 5.75 Å². The van der Waals surface area contributed by atoms with Crippen molar-refractivity contribution in [3.8, 4) is 5.75 Å². The quantitative estimate of drug-likeness (QED) is 0.849.